The third-order valence-electron chi connectivity index (χ3n) is 1.33. The van der Waals surface area contributed by atoms with E-state index in [1.807, 2.05) is 12.1 Å². The van der Waals surface area contributed by atoms with Crippen LogP contribution < -0.4 is 0 Å². The highest BCUT2D eigenvalue weighted by Crippen LogP contribution is 2.22. The van der Waals surface area contributed by atoms with E-state index in [0.29, 0.717) is 4.83 Å². The summed E-state index contributed by atoms with van der Waals surface area (Å²) in [7, 11) is 0. The quantitative estimate of drug-likeness (QED) is 0.674. The summed E-state index contributed by atoms with van der Waals surface area (Å²) in [6, 6.07) is 8.30. The molecule has 0 unspecified atom stereocenters. The van der Waals surface area contributed by atoms with Crippen LogP contribution in [-0.2, 0) is 0 Å². The molecule has 0 aliphatic carbocycles. The van der Waals surface area contributed by atoms with E-state index in [2.05, 4.69) is 50.9 Å². The van der Waals surface area contributed by atoms with Gasteiger partial charge in [-0.3, -0.25) is 0 Å². The van der Waals surface area contributed by atoms with Gasteiger partial charge in [0.05, 0.1) is 0 Å². The fraction of sp³-hybridized carbons (Fsp3) is 0.250. The highest BCUT2D eigenvalue weighted by Gasteiger charge is 1.97. The van der Waals surface area contributed by atoms with Crippen LogP contribution >= 0.6 is 31.9 Å². The summed E-state index contributed by atoms with van der Waals surface area (Å²) in [6.07, 6.45) is 0. The van der Waals surface area contributed by atoms with Crippen LogP contribution in [-0.4, -0.2) is 0 Å². The minimum atomic E-state index is 0.445. The second kappa shape index (κ2) is 3.54. The van der Waals surface area contributed by atoms with Crippen LogP contribution in [0.2, 0.25) is 0 Å². The minimum Gasteiger partial charge on any atom is -0.0842 e. The summed E-state index contributed by atoms with van der Waals surface area (Å²) >= 11 is 6.87. The van der Waals surface area contributed by atoms with Gasteiger partial charge in [0.25, 0.3) is 0 Å². The van der Waals surface area contributed by atoms with Crippen molar-refractivity contribution >= 4 is 31.9 Å². The molecule has 0 amide bonds. The Bertz CT molecular complexity index is 201. The summed E-state index contributed by atoms with van der Waals surface area (Å²) < 4.78 is 1.13. The molecular formula is C8H8Br2. The zero-order chi connectivity index (χ0) is 7.56. The summed E-state index contributed by atoms with van der Waals surface area (Å²) in [6.45, 7) is 2.11. The Balaban J connectivity index is 2.89. The summed E-state index contributed by atoms with van der Waals surface area (Å²) in [5.74, 6) is 0. The van der Waals surface area contributed by atoms with E-state index < -0.39 is 0 Å². The van der Waals surface area contributed by atoms with Crippen LogP contribution in [0.5, 0.6) is 0 Å². The Morgan fingerprint density at radius 2 is 1.70 bits per heavy atom. The van der Waals surface area contributed by atoms with Gasteiger partial charge in [0.1, 0.15) is 0 Å². The van der Waals surface area contributed by atoms with Gasteiger partial charge in [0.2, 0.25) is 0 Å². The van der Waals surface area contributed by atoms with Crippen LogP contribution in [0.1, 0.15) is 17.3 Å². The predicted octanol–water partition coefficient (Wildman–Crippen LogP) is 3.91. The molecule has 1 aromatic carbocycles. The largest absolute Gasteiger partial charge is 0.0842 e. The Labute approximate surface area is 77.9 Å². The zero-order valence-corrected chi connectivity index (χ0v) is 8.81. The normalized spacial score (nSPS) is 13.1. The molecule has 0 spiro atoms. The van der Waals surface area contributed by atoms with Gasteiger partial charge in [-0.2, -0.15) is 0 Å². The average Bonchev–Trinajstić information content (AvgIpc) is 1.88. The van der Waals surface area contributed by atoms with Gasteiger partial charge in [-0.15, -0.1) is 0 Å². The van der Waals surface area contributed by atoms with Gasteiger partial charge in [-0.25, -0.2) is 0 Å². The van der Waals surface area contributed by atoms with Crippen molar-refractivity contribution < 1.29 is 0 Å². The van der Waals surface area contributed by atoms with Crippen molar-refractivity contribution in [2.24, 2.45) is 0 Å². The van der Waals surface area contributed by atoms with Gasteiger partial charge in [-0.1, -0.05) is 44.0 Å². The van der Waals surface area contributed by atoms with E-state index in [0.717, 1.165) is 4.47 Å². The Kier molecular flexibility index (Phi) is 2.93. The molecule has 1 atom stereocenters. The predicted molar refractivity (Wildman–Crippen MR) is 51.5 cm³/mol. The van der Waals surface area contributed by atoms with Crippen LogP contribution in [0.15, 0.2) is 28.7 Å². The second-order valence-corrected chi connectivity index (χ2v) is 4.46. The minimum absolute atomic E-state index is 0.445. The zero-order valence-electron chi connectivity index (χ0n) is 5.64. The van der Waals surface area contributed by atoms with E-state index >= 15 is 0 Å². The first-order valence-electron chi connectivity index (χ1n) is 3.09. The summed E-state index contributed by atoms with van der Waals surface area (Å²) in [5, 5.41) is 0. The molecule has 54 valence electrons. The maximum Gasteiger partial charge on any atom is 0.0367 e. The average molecular weight is 264 g/mol. The Hall–Kier alpha value is 0.180. The van der Waals surface area contributed by atoms with Crippen molar-refractivity contribution in [3.8, 4) is 0 Å². The molecule has 0 aromatic heterocycles. The van der Waals surface area contributed by atoms with Crippen molar-refractivity contribution in [1.29, 1.82) is 0 Å². The maximum atomic E-state index is 3.49. The fourth-order valence-corrected chi connectivity index (χ4v) is 1.30. The van der Waals surface area contributed by atoms with E-state index in [4.69, 9.17) is 0 Å². The van der Waals surface area contributed by atoms with E-state index in [9.17, 15) is 0 Å². The molecule has 0 N–H and O–H groups in total. The molecule has 0 nitrogen and oxygen atoms in total. The molecule has 0 aliphatic heterocycles. The molecule has 1 aromatic rings. The Morgan fingerprint density at radius 1 is 1.20 bits per heavy atom. The molecule has 0 heterocycles. The number of alkyl halides is 1. The van der Waals surface area contributed by atoms with Crippen molar-refractivity contribution in [3.63, 3.8) is 0 Å². The molecule has 0 saturated carbocycles. The summed E-state index contributed by atoms with van der Waals surface area (Å²) in [4.78, 5) is 0.445. The highest BCUT2D eigenvalue weighted by molar-refractivity contribution is 9.10. The van der Waals surface area contributed by atoms with Gasteiger partial charge >= 0.3 is 0 Å². The number of rotatable bonds is 1. The lowest BCUT2D eigenvalue weighted by atomic mass is 10.2. The maximum absolute atomic E-state index is 3.49. The van der Waals surface area contributed by atoms with Crippen molar-refractivity contribution in [2.75, 3.05) is 0 Å². The van der Waals surface area contributed by atoms with Gasteiger partial charge in [0.15, 0.2) is 0 Å². The lowest BCUT2D eigenvalue weighted by Crippen LogP contribution is -1.80. The van der Waals surface area contributed by atoms with Gasteiger partial charge < -0.3 is 0 Å². The van der Waals surface area contributed by atoms with E-state index in [1.54, 1.807) is 0 Å². The van der Waals surface area contributed by atoms with Crippen molar-refractivity contribution in [2.45, 2.75) is 11.8 Å². The topological polar surface area (TPSA) is 0 Å². The third-order valence-corrected chi connectivity index (χ3v) is 2.39. The molecule has 0 radical (unpaired) electrons. The van der Waals surface area contributed by atoms with Crippen LogP contribution in [0.3, 0.4) is 0 Å². The lowest BCUT2D eigenvalue weighted by Gasteiger charge is -2.01. The molecular weight excluding hydrogens is 256 g/mol. The number of benzene rings is 1. The Morgan fingerprint density at radius 3 is 2.10 bits per heavy atom. The van der Waals surface area contributed by atoms with Gasteiger partial charge in [-0.05, 0) is 24.6 Å². The molecule has 10 heavy (non-hydrogen) atoms. The first-order valence-corrected chi connectivity index (χ1v) is 4.80. The van der Waals surface area contributed by atoms with E-state index in [-0.39, 0.29) is 0 Å². The van der Waals surface area contributed by atoms with Crippen LogP contribution in [0, 0.1) is 0 Å². The first-order chi connectivity index (χ1) is 4.70. The van der Waals surface area contributed by atoms with E-state index in [1.165, 1.54) is 5.56 Å². The number of hydrogen-bond donors (Lipinski definition) is 0. The first kappa shape index (κ1) is 8.28. The van der Waals surface area contributed by atoms with Crippen molar-refractivity contribution in [1.82, 2.24) is 0 Å². The SMILES string of the molecule is C[C@H](Br)c1ccc(Br)cc1. The molecule has 0 aliphatic rings. The lowest BCUT2D eigenvalue weighted by molar-refractivity contribution is 1.12. The molecule has 0 fully saturated rings. The summed E-state index contributed by atoms with van der Waals surface area (Å²) in [5.41, 5.74) is 1.31. The molecule has 1 rings (SSSR count). The standard InChI is InChI=1S/C8H8Br2/c1-6(9)7-2-4-8(10)5-3-7/h2-6H,1H3/t6-/m0/s1. The number of hydrogen-bond acceptors (Lipinski definition) is 0. The molecule has 0 bridgehead atoms. The highest BCUT2D eigenvalue weighted by atomic mass is 79.9. The van der Waals surface area contributed by atoms with Crippen molar-refractivity contribution in [3.05, 3.63) is 34.3 Å². The van der Waals surface area contributed by atoms with Gasteiger partial charge in [0, 0.05) is 9.30 Å². The monoisotopic (exact) mass is 262 g/mol. The molecule has 2 heteroatoms. The smallest absolute Gasteiger partial charge is 0.0367 e. The second-order valence-electron chi connectivity index (χ2n) is 2.17. The van der Waals surface area contributed by atoms with Crippen LogP contribution in [0.4, 0.5) is 0 Å². The molecule has 0 saturated heterocycles. The third kappa shape index (κ3) is 2.10. The fourth-order valence-electron chi connectivity index (χ4n) is 0.728. The van der Waals surface area contributed by atoms with Crippen LogP contribution in [0.25, 0.3) is 0 Å². The number of halogens is 2.